The van der Waals surface area contributed by atoms with Gasteiger partial charge in [-0.2, -0.15) is 0 Å². The first-order valence-corrected chi connectivity index (χ1v) is 6.31. The summed E-state index contributed by atoms with van der Waals surface area (Å²) in [6.07, 6.45) is 0. The molecule has 0 aliphatic heterocycles. The fourth-order valence-electron chi connectivity index (χ4n) is 1.74. The highest BCUT2D eigenvalue weighted by atomic mass is 16.5. The quantitative estimate of drug-likeness (QED) is 0.754. The number of carbonyl (C=O) groups excluding carboxylic acids is 1. The number of nitrogens with zero attached hydrogens (tertiary/aromatic N) is 1. The normalized spacial score (nSPS) is 11.8. The number of ether oxygens (including phenoxy) is 2. The third-order valence-electron chi connectivity index (χ3n) is 2.89. The molecule has 0 amide bonds. The van der Waals surface area contributed by atoms with Crippen molar-refractivity contribution in [2.75, 3.05) is 39.3 Å². The molecule has 1 N–H and O–H groups in total. The number of rotatable bonds is 7. The molecule has 19 heavy (non-hydrogen) atoms. The molecule has 0 spiro atoms. The van der Waals surface area contributed by atoms with E-state index in [2.05, 4.69) is 5.32 Å². The summed E-state index contributed by atoms with van der Waals surface area (Å²) in [4.78, 5) is 13.7. The highest BCUT2D eigenvalue weighted by Gasteiger charge is 2.19. The number of hydrogen-bond donors (Lipinski definition) is 1. The Kier molecular flexibility index (Phi) is 6.15. The molecule has 0 aliphatic rings. The Bertz CT molecular complexity index is 392. The number of hydrogen-bond acceptors (Lipinski definition) is 5. The van der Waals surface area contributed by atoms with Crippen LogP contribution in [0.1, 0.15) is 6.92 Å². The van der Waals surface area contributed by atoms with Gasteiger partial charge in [-0.05, 0) is 38.2 Å². The molecule has 0 heterocycles. The van der Waals surface area contributed by atoms with E-state index in [0.717, 1.165) is 11.4 Å². The first-order valence-electron chi connectivity index (χ1n) is 6.31. The van der Waals surface area contributed by atoms with Crippen LogP contribution in [0.4, 0.5) is 5.69 Å². The van der Waals surface area contributed by atoms with Crippen LogP contribution in [0.15, 0.2) is 24.3 Å². The van der Waals surface area contributed by atoms with Crippen LogP contribution in [-0.2, 0) is 9.53 Å². The average Bonchev–Trinajstić information content (AvgIpc) is 2.44. The summed E-state index contributed by atoms with van der Waals surface area (Å²) < 4.78 is 10.1. The molecule has 0 saturated carbocycles. The maximum absolute atomic E-state index is 11.7. The summed E-state index contributed by atoms with van der Waals surface area (Å²) in [6, 6.07) is 7.36. The third kappa shape index (κ3) is 4.44. The second-order valence-corrected chi connectivity index (χ2v) is 4.17. The molecular formula is C14H22N2O3. The van der Waals surface area contributed by atoms with E-state index in [4.69, 9.17) is 9.47 Å². The standard InChI is InChI=1S/C14H22N2O3/c1-5-19-14(17)13(15-2)10-16(3)11-6-8-12(18-4)9-7-11/h6-9,13,15H,5,10H2,1-4H3. The van der Waals surface area contributed by atoms with Crippen LogP contribution >= 0.6 is 0 Å². The van der Waals surface area contributed by atoms with Gasteiger partial charge in [0.15, 0.2) is 0 Å². The monoisotopic (exact) mass is 266 g/mol. The minimum Gasteiger partial charge on any atom is -0.497 e. The van der Waals surface area contributed by atoms with Crippen molar-refractivity contribution in [1.82, 2.24) is 5.32 Å². The minimum absolute atomic E-state index is 0.231. The maximum Gasteiger partial charge on any atom is 0.324 e. The zero-order valence-electron chi connectivity index (χ0n) is 12.0. The number of benzene rings is 1. The molecule has 1 unspecified atom stereocenters. The van der Waals surface area contributed by atoms with Crippen LogP contribution < -0.4 is 15.0 Å². The van der Waals surface area contributed by atoms with Gasteiger partial charge in [-0.3, -0.25) is 4.79 Å². The lowest BCUT2D eigenvalue weighted by atomic mass is 10.2. The first-order chi connectivity index (χ1) is 9.12. The van der Waals surface area contributed by atoms with Gasteiger partial charge in [-0.15, -0.1) is 0 Å². The molecule has 0 aromatic heterocycles. The predicted octanol–water partition coefficient (Wildman–Crippen LogP) is 1.28. The Labute approximate surface area is 114 Å². The van der Waals surface area contributed by atoms with Gasteiger partial charge >= 0.3 is 5.97 Å². The molecule has 1 rings (SSSR count). The molecule has 0 fully saturated rings. The van der Waals surface area contributed by atoms with Gasteiger partial charge in [0.1, 0.15) is 11.8 Å². The van der Waals surface area contributed by atoms with Crippen LogP contribution in [0, 0.1) is 0 Å². The van der Waals surface area contributed by atoms with Crippen LogP contribution in [0.25, 0.3) is 0 Å². The van der Waals surface area contributed by atoms with Gasteiger partial charge in [0.05, 0.1) is 13.7 Å². The Hall–Kier alpha value is -1.75. The van der Waals surface area contributed by atoms with Crippen molar-refractivity contribution in [3.05, 3.63) is 24.3 Å². The van der Waals surface area contributed by atoms with Crippen molar-refractivity contribution in [2.24, 2.45) is 0 Å². The number of likely N-dealkylation sites (N-methyl/N-ethyl adjacent to an activating group) is 2. The molecule has 1 aromatic rings. The molecule has 106 valence electrons. The van der Waals surface area contributed by atoms with Crippen molar-refractivity contribution in [3.63, 3.8) is 0 Å². The van der Waals surface area contributed by atoms with E-state index in [0.29, 0.717) is 13.2 Å². The summed E-state index contributed by atoms with van der Waals surface area (Å²) in [7, 11) is 5.32. The number of carbonyl (C=O) groups is 1. The van der Waals surface area contributed by atoms with Crippen molar-refractivity contribution in [3.8, 4) is 5.75 Å². The smallest absolute Gasteiger partial charge is 0.324 e. The lowest BCUT2D eigenvalue weighted by Crippen LogP contribution is -2.44. The second-order valence-electron chi connectivity index (χ2n) is 4.17. The Morgan fingerprint density at radius 3 is 2.47 bits per heavy atom. The molecular weight excluding hydrogens is 244 g/mol. The van der Waals surface area contributed by atoms with Gasteiger partial charge in [0, 0.05) is 19.3 Å². The van der Waals surface area contributed by atoms with Crippen LogP contribution in [0.2, 0.25) is 0 Å². The van der Waals surface area contributed by atoms with Crippen LogP contribution in [-0.4, -0.2) is 46.4 Å². The van der Waals surface area contributed by atoms with Crippen molar-refractivity contribution in [2.45, 2.75) is 13.0 Å². The minimum atomic E-state index is -0.341. The Morgan fingerprint density at radius 1 is 1.37 bits per heavy atom. The first kappa shape index (κ1) is 15.3. The number of anilines is 1. The lowest BCUT2D eigenvalue weighted by molar-refractivity contribution is -0.145. The lowest BCUT2D eigenvalue weighted by Gasteiger charge is -2.24. The summed E-state index contributed by atoms with van der Waals surface area (Å²) in [5.41, 5.74) is 1.02. The van der Waals surface area contributed by atoms with Crippen LogP contribution in [0.5, 0.6) is 5.75 Å². The van der Waals surface area contributed by atoms with Crippen molar-refractivity contribution >= 4 is 11.7 Å². The number of esters is 1. The summed E-state index contributed by atoms with van der Waals surface area (Å²) in [6.45, 7) is 2.74. The molecule has 0 bridgehead atoms. The van der Waals surface area contributed by atoms with E-state index >= 15 is 0 Å². The molecule has 5 nitrogen and oxygen atoms in total. The summed E-state index contributed by atoms with van der Waals surface area (Å²) in [5, 5.41) is 2.97. The van der Waals surface area contributed by atoms with E-state index in [9.17, 15) is 4.79 Å². The highest BCUT2D eigenvalue weighted by Crippen LogP contribution is 2.18. The summed E-state index contributed by atoms with van der Waals surface area (Å²) >= 11 is 0. The molecule has 0 saturated heterocycles. The van der Waals surface area contributed by atoms with Gasteiger partial charge in [-0.1, -0.05) is 0 Å². The average molecular weight is 266 g/mol. The number of nitrogens with one attached hydrogen (secondary N) is 1. The maximum atomic E-state index is 11.7. The largest absolute Gasteiger partial charge is 0.497 e. The molecule has 0 radical (unpaired) electrons. The van der Waals surface area contributed by atoms with Crippen molar-refractivity contribution < 1.29 is 14.3 Å². The molecule has 0 aliphatic carbocycles. The second kappa shape index (κ2) is 7.63. The SMILES string of the molecule is CCOC(=O)C(CN(C)c1ccc(OC)cc1)NC. The molecule has 1 aromatic carbocycles. The number of methoxy groups -OCH3 is 1. The van der Waals surface area contributed by atoms with Gasteiger partial charge < -0.3 is 19.7 Å². The van der Waals surface area contributed by atoms with E-state index in [-0.39, 0.29) is 12.0 Å². The van der Waals surface area contributed by atoms with Crippen LogP contribution in [0.3, 0.4) is 0 Å². The molecule has 5 heteroatoms. The van der Waals surface area contributed by atoms with Gasteiger partial charge in [0.25, 0.3) is 0 Å². The highest BCUT2D eigenvalue weighted by molar-refractivity contribution is 5.76. The fourth-order valence-corrected chi connectivity index (χ4v) is 1.74. The van der Waals surface area contributed by atoms with E-state index < -0.39 is 0 Å². The Morgan fingerprint density at radius 2 is 2.00 bits per heavy atom. The zero-order chi connectivity index (χ0) is 14.3. The predicted molar refractivity (Wildman–Crippen MR) is 75.7 cm³/mol. The van der Waals surface area contributed by atoms with E-state index in [1.165, 1.54) is 0 Å². The van der Waals surface area contributed by atoms with Crippen molar-refractivity contribution in [1.29, 1.82) is 0 Å². The fraction of sp³-hybridized carbons (Fsp3) is 0.500. The zero-order valence-corrected chi connectivity index (χ0v) is 12.0. The van der Waals surface area contributed by atoms with Gasteiger partial charge in [-0.25, -0.2) is 0 Å². The molecule has 1 atom stereocenters. The van der Waals surface area contributed by atoms with E-state index in [1.807, 2.05) is 36.2 Å². The third-order valence-corrected chi connectivity index (χ3v) is 2.89. The topological polar surface area (TPSA) is 50.8 Å². The van der Waals surface area contributed by atoms with E-state index in [1.54, 1.807) is 21.1 Å². The summed E-state index contributed by atoms with van der Waals surface area (Å²) in [5.74, 6) is 0.582. The van der Waals surface area contributed by atoms with Gasteiger partial charge in [0.2, 0.25) is 0 Å². The Balaban J connectivity index is 2.65.